The highest BCUT2D eigenvalue weighted by molar-refractivity contribution is 7.90. The first-order chi connectivity index (χ1) is 14.7. The molecule has 1 fully saturated rings. The molecule has 1 aromatic heterocycles. The van der Waals surface area contributed by atoms with E-state index in [-0.39, 0.29) is 23.1 Å². The van der Waals surface area contributed by atoms with Gasteiger partial charge in [0.15, 0.2) is 9.84 Å². The molecule has 1 aliphatic rings. The predicted molar refractivity (Wildman–Crippen MR) is 119 cm³/mol. The summed E-state index contributed by atoms with van der Waals surface area (Å²) in [5, 5.41) is 0.595. The van der Waals surface area contributed by atoms with E-state index in [4.69, 9.17) is 0 Å². The molecule has 2 unspecified atom stereocenters. The molecular weight excluding hydrogens is 415 g/mol. The monoisotopic (exact) mass is 442 g/mol. The molecular formula is C24H27FN2O3S. The smallest absolute Gasteiger partial charge is 0.242 e. The molecule has 3 aromatic rings. The van der Waals surface area contributed by atoms with E-state index in [1.807, 2.05) is 17.0 Å². The fourth-order valence-corrected chi connectivity index (χ4v) is 6.16. The number of sulfone groups is 1. The number of nitrogens with zero attached hydrogens (tertiary/aromatic N) is 2. The van der Waals surface area contributed by atoms with Crippen LogP contribution in [0.2, 0.25) is 0 Å². The second-order valence-electron chi connectivity index (χ2n) is 8.77. The van der Waals surface area contributed by atoms with Gasteiger partial charge in [-0.3, -0.25) is 4.79 Å². The molecule has 1 amide bonds. The largest absolute Gasteiger partial charge is 0.341 e. The zero-order valence-electron chi connectivity index (χ0n) is 17.8. The highest BCUT2D eigenvalue weighted by Crippen LogP contribution is 2.29. The van der Waals surface area contributed by atoms with Crippen molar-refractivity contribution >= 4 is 26.6 Å². The number of benzene rings is 2. The van der Waals surface area contributed by atoms with Crippen LogP contribution in [0.1, 0.15) is 25.8 Å². The molecule has 1 saturated heterocycles. The van der Waals surface area contributed by atoms with Crippen molar-refractivity contribution in [2.24, 2.45) is 11.8 Å². The molecule has 31 heavy (non-hydrogen) atoms. The van der Waals surface area contributed by atoms with Crippen LogP contribution in [-0.2, 0) is 26.9 Å². The van der Waals surface area contributed by atoms with Crippen LogP contribution >= 0.6 is 0 Å². The summed E-state index contributed by atoms with van der Waals surface area (Å²) in [5.74, 6) is 0.289. The summed E-state index contributed by atoms with van der Waals surface area (Å²) in [7, 11) is -3.68. The highest BCUT2D eigenvalue weighted by atomic mass is 32.2. The number of carbonyl (C=O) groups is 1. The first kappa shape index (κ1) is 21.6. The summed E-state index contributed by atoms with van der Waals surface area (Å²) < 4.78 is 41.3. The predicted octanol–water partition coefficient (Wildman–Crippen LogP) is 4.26. The molecule has 0 saturated carbocycles. The minimum Gasteiger partial charge on any atom is -0.341 e. The molecule has 7 heteroatoms. The lowest BCUT2D eigenvalue weighted by atomic mass is 9.92. The Hall–Kier alpha value is -2.67. The fourth-order valence-electron chi connectivity index (χ4n) is 4.58. The number of piperidine rings is 1. The highest BCUT2D eigenvalue weighted by Gasteiger charge is 2.27. The van der Waals surface area contributed by atoms with Crippen molar-refractivity contribution in [2.75, 3.05) is 13.1 Å². The number of carbonyl (C=O) groups excluding carboxylic acids is 1. The molecule has 5 nitrogen and oxygen atoms in total. The van der Waals surface area contributed by atoms with Crippen LogP contribution < -0.4 is 0 Å². The zero-order valence-corrected chi connectivity index (χ0v) is 18.6. The molecule has 4 rings (SSSR count). The van der Waals surface area contributed by atoms with E-state index >= 15 is 0 Å². The van der Waals surface area contributed by atoms with Crippen molar-refractivity contribution in [2.45, 2.75) is 37.5 Å². The Bertz CT molecular complexity index is 1190. The molecule has 0 aliphatic carbocycles. The molecule has 0 radical (unpaired) electrons. The molecule has 1 aliphatic heterocycles. The summed E-state index contributed by atoms with van der Waals surface area (Å²) in [6, 6.07) is 12.7. The topological polar surface area (TPSA) is 59.4 Å². The van der Waals surface area contributed by atoms with E-state index in [0.29, 0.717) is 28.3 Å². The molecule has 0 N–H and O–H groups in total. The van der Waals surface area contributed by atoms with Crippen LogP contribution in [0.5, 0.6) is 0 Å². The standard InChI is InChI=1S/C24H27FN2O3S/c1-17-11-18(2)13-27(12-17)24(28)15-26-14-23(21-5-3-4-6-22(21)26)31(29,30)16-19-7-9-20(25)10-8-19/h3-10,14,17-18H,11-13,15-16H2,1-2H3. The van der Waals surface area contributed by atoms with Crippen LogP contribution in [0.4, 0.5) is 4.39 Å². The molecule has 2 aromatic carbocycles. The van der Waals surface area contributed by atoms with Gasteiger partial charge in [-0.15, -0.1) is 0 Å². The normalized spacial score (nSPS) is 19.6. The van der Waals surface area contributed by atoms with Gasteiger partial charge in [-0.05, 0) is 42.0 Å². The van der Waals surface area contributed by atoms with Crippen LogP contribution in [-0.4, -0.2) is 36.9 Å². The molecule has 164 valence electrons. The Morgan fingerprint density at radius 2 is 1.68 bits per heavy atom. The summed E-state index contributed by atoms with van der Waals surface area (Å²) >= 11 is 0. The quantitative estimate of drug-likeness (QED) is 0.593. The van der Waals surface area contributed by atoms with Gasteiger partial charge in [0.05, 0.1) is 10.6 Å². The van der Waals surface area contributed by atoms with E-state index in [2.05, 4.69) is 13.8 Å². The Balaban J connectivity index is 1.64. The molecule has 2 heterocycles. The van der Waals surface area contributed by atoms with Crippen molar-refractivity contribution in [1.82, 2.24) is 9.47 Å². The number of para-hydroxylation sites is 1. The Morgan fingerprint density at radius 3 is 2.35 bits per heavy atom. The van der Waals surface area contributed by atoms with Crippen LogP contribution in [0.25, 0.3) is 10.9 Å². The maximum absolute atomic E-state index is 13.2. The summed E-state index contributed by atoms with van der Waals surface area (Å²) in [6.07, 6.45) is 2.68. The van der Waals surface area contributed by atoms with E-state index in [9.17, 15) is 17.6 Å². The van der Waals surface area contributed by atoms with E-state index < -0.39 is 15.7 Å². The van der Waals surface area contributed by atoms with Gasteiger partial charge >= 0.3 is 0 Å². The van der Waals surface area contributed by atoms with Gasteiger partial charge in [0.25, 0.3) is 0 Å². The number of amides is 1. The first-order valence-corrected chi connectivity index (χ1v) is 12.2. The van der Waals surface area contributed by atoms with Crippen molar-refractivity contribution in [3.63, 3.8) is 0 Å². The van der Waals surface area contributed by atoms with Gasteiger partial charge in [0.2, 0.25) is 5.91 Å². The van der Waals surface area contributed by atoms with E-state index in [0.717, 1.165) is 19.5 Å². The lowest BCUT2D eigenvalue weighted by molar-refractivity contribution is -0.134. The Kier molecular flexibility index (Phi) is 5.88. The fraction of sp³-hybridized carbons (Fsp3) is 0.375. The number of hydrogen-bond donors (Lipinski definition) is 0. The maximum atomic E-state index is 13.2. The third kappa shape index (κ3) is 4.66. The molecule has 2 atom stereocenters. The number of fused-ring (bicyclic) bond motifs is 1. The Labute approximate surface area is 182 Å². The third-order valence-electron chi connectivity index (χ3n) is 5.88. The van der Waals surface area contributed by atoms with Crippen molar-refractivity contribution < 1.29 is 17.6 Å². The summed E-state index contributed by atoms with van der Waals surface area (Å²) in [6.45, 7) is 5.88. The van der Waals surface area contributed by atoms with Gasteiger partial charge in [-0.25, -0.2) is 12.8 Å². The summed E-state index contributed by atoms with van der Waals surface area (Å²) in [5.41, 5.74) is 1.23. The second-order valence-corrected chi connectivity index (χ2v) is 10.7. The van der Waals surface area contributed by atoms with Crippen LogP contribution in [0.15, 0.2) is 59.6 Å². The zero-order chi connectivity index (χ0) is 22.2. The average molecular weight is 443 g/mol. The minimum atomic E-state index is -3.68. The average Bonchev–Trinajstić information content (AvgIpc) is 3.08. The third-order valence-corrected chi connectivity index (χ3v) is 7.59. The Morgan fingerprint density at radius 1 is 1.03 bits per heavy atom. The van der Waals surface area contributed by atoms with E-state index in [1.54, 1.807) is 22.9 Å². The van der Waals surface area contributed by atoms with Crippen molar-refractivity contribution in [1.29, 1.82) is 0 Å². The van der Waals surface area contributed by atoms with Gasteiger partial charge in [-0.1, -0.05) is 44.2 Å². The van der Waals surface area contributed by atoms with Crippen molar-refractivity contribution in [3.05, 3.63) is 66.1 Å². The minimum absolute atomic E-state index is 0.00151. The van der Waals surface area contributed by atoms with Gasteiger partial charge in [0, 0.05) is 30.2 Å². The van der Waals surface area contributed by atoms with Gasteiger partial charge in [0.1, 0.15) is 12.4 Å². The second kappa shape index (κ2) is 8.46. The number of halogens is 1. The summed E-state index contributed by atoms with van der Waals surface area (Å²) in [4.78, 5) is 15.1. The van der Waals surface area contributed by atoms with Gasteiger partial charge in [-0.2, -0.15) is 0 Å². The SMILES string of the molecule is CC1CC(C)CN(C(=O)Cn2cc(S(=O)(=O)Cc3ccc(F)cc3)c3ccccc32)C1. The van der Waals surface area contributed by atoms with E-state index in [1.165, 1.54) is 24.3 Å². The number of rotatable bonds is 5. The van der Waals surface area contributed by atoms with Crippen LogP contribution in [0, 0.1) is 17.7 Å². The first-order valence-electron chi connectivity index (χ1n) is 10.6. The maximum Gasteiger partial charge on any atom is 0.242 e. The lowest BCUT2D eigenvalue weighted by Gasteiger charge is -2.35. The lowest BCUT2D eigenvalue weighted by Crippen LogP contribution is -2.43. The number of aromatic nitrogens is 1. The molecule has 0 bridgehead atoms. The van der Waals surface area contributed by atoms with Gasteiger partial charge < -0.3 is 9.47 Å². The number of hydrogen-bond acceptors (Lipinski definition) is 3. The molecule has 0 spiro atoms. The van der Waals surface area contributed by atoms with Crippen LogP contribution in [0.3, 0.4) is 0 Å². The number of likely N-dealkylation sites (tertiary alicyclic amines) is 1. The van der Waals surface area contributed by atoms with Crippen molar-refractivity contribution in [3.8, 4) is 0 Å².